The van der Waals surface area contributed by atoms with E-state index >= 15 is 0 Å². The molecule has 1 aromatic rings. The number of hydrogen-bond donors (Lipinski definition) is 3. The van der Waals surface area contributed by atoms with Crippen LogP contribution in [-0.4, -0.2) is 55.4 Å². The summed E-state index contributed by atoms with van der Waals surface area (Å²) < 4.78 is 0. The number of nitrogens with one attached hydrogen (secondary N) is 3. The third-order valence-electron chi connectivity index (χ3n) is 3.88. The van der Waals surface area contributed by atoms with Crippen LogP contribution in [0.15, 0.2) is 29.3 Å². The quantitative estimate of drug-likeness (QED) is 0.715. The maximum Gasteiger partial charge on any atom is 0.254 e. The zero-order valence-corrected chi connectivity index (χ0v) is 13.0. The van der Waals surface area contributed by atoms with Crippen molar-refractivity contribution in [2.75, 3.05) is 32.7 Å². The predicted molar refractivity (Wildman–Crippen MR) is 87.1 cm³/mol. The van der Waals surface area contributed by atoms with Crippen LogP contribution >= 0.6 is 0 Å². The molecule has 2 amide bonds. The molecule has 3 rings (SSSR count). The number of carbonyl (C=O) groups is 2. The van der Waals surface area contributed by atoms with Gasteiger partial charge in [-0.1, -0.05) is 12.1 Å². The lowest BCUT2D eigenvalue weighted by Gasteiger charge is -2.26. The molecule has 23 heavy (non-hydrogen) atoms. The molecule has 0 atom stereocenters. The number of hydrogen-bond acceptors (Lipinski definition) is 5. The Labute approximate surface area is 135 Å². The van der Waals surface area contributed by atoms with Gasteiger partial charge in [0.1, 0.15) is 0 Å². The van der Waals surface area contributed by atoms with E-state index in [0.29, 0.717) is 25.2 Å². The normalized spacial score (nSPS) is 17.8. The monoisotopic (exact) mass is 315 g/mol. The lowest BCUT2D eigenvalue weighted by molar-refractivity contribution is -0.123. The largest absolute Gasteiger partial charge is 0.356 e. The van der Waals surface area contributed by atoms with Gasteiger partial charge in [-0.2, -0.15) is 0 Å². The van der Waals surface area contributed by atoms with E-state index in [4.69, 9.17) is 0 Å². The molecule has 0 spiro atoms. The lowest BCUT2D eigenvalue weighted by atomic mass is 10.1. The van der Waals surface area contributed by atoms with Crippen molar-refractivity contribution >= 4 is 17.8 Å². The third-order valence-corrected chi connectivity index (χ3v) is 3.88. The van der Waals surface area contributed by atoms with E-state index in [1.807, 2.05) is 24.3 Å². The lowest BCUT2D eigenvalue weighted by Crippen LogP contribution is -2.49. The molecular formula is C16H21N5O2. The van der Waals surface area contributed by atoms with Crippen LogP contribution in [0, 0.1) is 0 Å². The fraction of sp³-hybridized carbons (Fsp3) is 0.438. The molecule has 0 saturated carbocycles. The first-order valence-corrected chi connectivity index (χ1v) is 7.89. The highest BCUT2D eigenvalue weighted by Gasteiger charge is 2.22. The number of rotatable bonds is 3. The van der Waals surface area contributed by atoms with Gasteiger partial charge in [0.2, 0.25) is 5.91 Å². The summed E-state index contributed by atoms with van der Waals surface area (Å²) in [7, 11) is 0. The van der Waals surface area contributed by atoms with E-state index in [0.717, 1.165) is 31.0 Å². The summed E-state index contributed by atoms with van der Waals surface area (Å²) in [5, 5.41) is 9.17. The van der Waals surface area contributed by atoms with E-state index in [1.54, 1.807) is 4.90 Å². The molecule has 0 aliphatic carbocycles. The molecule has 122 valence electrons. The van der Waals surface area contributed by atoms with Gasteiger partial charge in [-0.05, 0) is 24.1 Å². The second kappa shape index (κ2) is 7.13. The Morgan fingerprint density at radius 1 is 1.22 bits per heavy atom. The van der Waals surface area contributed by atoms with Crippen molar-refractivity contribution in [2.24, 2.45) is 4.99 Å². The van der Waals surface area contributed by atoms with Gasteiger partial charge in [-0.15, -0.1) is 0 Å². The minimum atomic E-state index is -0.105. The number of nitrogens with zero attached hydrogens (tertiary/aromatic N) is 2. The van der Waals surface area contributed by atoms with Crippen molar-refractivity contribution in [1.82, 2.24) is 20.9 Å². The van der Waals surface area contributed by atoms with Crippen molar-refractivity contribution in [3.05, 3.63) is 35.4 Å². The van der Waals surface area contributed by atoms with Crippen LogP contribution in [0.5, 0.6) is 0 Å². The summed E-state index contributed by atoms with van der Waals surface area (Å²) in [6.07, 6.45) is 1.07. The smallest absolute Gasteiger partial charge is 0.254 e. The van der Waals surface area contributed by atoms with E-state index in [1.165, 1.54) is 0 Å². The van der Waals surface area contributed by atoms with Crippen molar-refractivity contribution in [3.63, 3.8) is 0 Å². The highest BCUT2D eigenvalue weighted by Crippen LogP contribution is 2.09. The van der Waals surface area contributed by atoms with E-state index in [9.17, 15) is 9.59 Å². The summed E-state index contributed by atoms with van der Waals surface area (Å²) in [4.78, 5) is 29.7. The van der Waals surface area contributed by atoms with Gasteiger partial charge in [0.15, 0.2) is 5.96 Å². The van der Waals surface area contributed by atoms with Crippen LogP contribution in [0.2, 0.25) is 0 Å². The summed E-state index contributed by atoms with van der Waals surface area (Å²) in [6, 6.07) is 7.46. The first-order chi connectivity index (χ1) is 11.2. The molecule has 3 N–H and O–H groups in total. The van der Waals surface area contributed by atoms with Crippen LogP contribution in [-0.2, 0) is 11.3 Å². The molecule has 0 unspecified atom stereocenters. The zero-order chi connectivity index (χ0) is 16.1. The van der Waals surface area contributed by atoms with Crippen LogP contribution in [0.3, 0.4) is 0 Å². The summed E-state index contributed by atoms with van der Waals surface area (Å²) >= 11 is 0. The van der Waals surface area contributed by atoms with Gasteiger partial charge in [-0.25, -0.2) is 0 Å². The third kappa shape index (κ3) is 4.00. The average molecular weight is 315 g/mol. The van der Waals surface area contributed by atoms with Gasteiger partial charge in [-0.3, -0.25) is 14.6 Å². The van der Waals surface area contributed by atoms with Crippen LogP contribution < -0.4 is 16.0 Å². The number of piperazine rings is 1. The summed E-state index contributed by atoms with van der Waals surface area (Å²) in [6.45, 7) is 3.66. The van der Waals surface area contributed by atoms with Gasteiger partial charge in [0.25, 0.3) is 5.91 Å². The van der Waals surface area contributed by atoms with E-state index in [-0.39, 0.29) is 18.4 Å². The molecule has 7 nitrogen and oxygen atoms in total. The van der Waals surface area contributed by atoms with Crippen LogP contribution in [0.1, 0.15) is 22.3 Å². The Hall–Kier alpha value is -2.57. The standard InChI is InChI=1S/C16H21N5O2/c22-14-11-21(9-8-17-14)15(23)13-4-2-12(3-5-13)10-20-16-18-6-1-7-19-16/h2-5H,1,6-11H2,(H,17,22)(H2,18,19,20). The van der Waals surface area contributed by atoms with Gasteiger partial charge in [0.05, 0.1) is 6.54 Å². The van der Waals surface area contributed by atoms with Crippen molar-refractivity contribution < 1.29 is 9.59 Å². The minimum Gasteiger partial charge on any atom is -0.356 e. The predicted octanol–water partition coefficient (Wildman–Crippen LogP) is -0.302. The average Bonchev–Trinajstić information content (AvgIpc) is 2.61. The number of guanidine groups is 1. The number of benzene rings is 1. The first-order valence-electron chi connectivity index (χ1n) is 7.89. The van der Waals surface area contributed by atoms with Gasteiger partial charge >= 0.3 is 0 Å². The Morgan fingerprint density at radius 2 is 2.04 bits per heavy atom. The molecule has 1 fully saturated rings. The molecule has 2 aliphatic heterocycles. The van der Waals surface area contributed by atoms with Crippen LogP contribution in [0.25, 0.3) is 0 Å². The molecule has 0 aromatic heterocycles. The second-order valence-electron chi connectivity index (χ2n) is 5.64. The summed E-state index contributed by atoms with van der Waals surface area (Å²) in [5.41, 5.74) is 1.68. The molecule has 0 radical (unpaired) electrons. The summed E-state index contributed by atoms with van der Waals surface area (Å²) in [5.74, 6) is 0.625. The van der Waals surface area contributed by atoms with Gasteiger partial charge < -0.3 is 20.9 Å². The SMILES string of the molecule is O=C1CN(C(=O)c2ccc(CNC3=NCCCN3)cc2)CCN1. The highest BCUT2D eigenvalue weighted by molar-refractivity contribution is 5.97. The molecule has 0 bridgehead atoms. The Balaban J connectivity index is 1.56. The topological polar surface area (TPSA) is 85.8 Å². The Bertz CT molecular complexity index is 611. The van der Waals surface area contributed by atoms with Crippen LogP contribution in [0.4, 0.5) is 0 Å². The van der Waals surface area contributed by atoms with Crippen molar-refractivity contribution in [3.8, 4) is 0 Å². The Kier molecular flexibility index (Phi) is 4.75. The first kappa shape index (κ1) is 15.3. The number of aliphatic imine (C=N–C) groups is 1. The second-order valence-corrected chi connectivity index (χ2v) is 5.64. The number of amides is 2. The maximum absolute atomic E-state index is 12.4. The molecule has 1 aromatic carbocycles. The number of carbonyl (C=O) groups excluding carboxylic acids is 2. The fourth-order valence-electron chi connectivity index (χ4n) is 2.60. The van der Waals surface area contributed by atoms with E-state index in [2.05, 4.69) is 20.9 Å². The fourth-order valence-corrected chi connectivity index (χ4v) is 2.60. The van der Waals surface area contributed by atoms with E-state index < -0.39 is 0 Å². The highest BCUT2D eigenvalue weighted by atomic mass is 16.2. The molecule has 2 aliphatic rings. The molecule has 7 heteroatoms. The maximum atomic E-state index is 12.4. The Morgan fingerprint density at radius 3 is 2.74 bits per heavy atom. The molecular weight excluding hydrogens is 294 g/mol. The van der Waals surface area contributed by atoms with Crippen molar-refractivity contribution in [2.45, 2.75) is 13.0 Å². The molecule has 2 heterocycles. The molecule has 1 saturated heterocycles. The van der Waals surface area contributed by atoms with Gasteiger partial charge in [0, 0.05) is 38.3 Å². The zero-order valence-electron chi connectivity index (χ0n) is 13.0. The minimum absolute atomic E-state index is 0.0994. The van der Waals surface area contributed by atoms with Crippen molar-refractivity contribution in [1.29, 1.82) is 0 Å².